The number of nitrogens with zero attached hydrogens (tertiary/aromatic N) is 1. The van der Waals surface area contributed by atoms with Gasteiger partial charge in [-0.1, -0.05) is 12.5 Å². The second-order valence-electron chi connectivity index (χ2n) is 7.78. The van der Waals surface area contributed by atoms with Gasteiger partial charge in [-0.05, 0) is 74.3 Å². The smallest absolute Gasteiger partial charge is 0.251 e. The Morgan fingerprint density at radius 2 is 2.08 bits per heavy atom. The molecule has 1 aromatic heterocycles. The van der Waals surface area contributed by atoms with Crippen LogP contribution in [0.25, 0.3) is 0 Å². The van der Waals surface area contributed by atoms with E-state index >= 15 is 0 Å². The summed E-state index contributed by atoms with van der Waals surface area (Å²) in [6, 6.07) is 11.5. The Hall–Kier alpha value is -2.36. The lowest BCUT2D eigenvalue weighted by molar-refractivity contribution is 0.0915. The highest BCUT2D eigenvalue weighted by atomic mass is 16.5. The topological polar surface area (TPSA) is 51.2 Å². The summed E-state index contributed by atoms with van der Waals surface area (Å²) >= 11 is 0. The summed E-state index contributed by atoms with van der Waals surface area (Å²) in [6.45, 7) is 2.63. The number of nitrogens with one attached hydrogen (secondary N) is 1. The van der Waals surface area contributed by atoms with Crippen LogP contribution in [-0.2, 0) is 6.61 Å². The van der Waals surface area contributed by atoms with Crippen molar-refractivity contribution >= 4 is 5.91 Å². The molecule has 4 heteroatoms. The molecule has 26 heavy (non-hydrogen) atoms. The zero-order valence-corrected chi connectivity index (χ0v) is 15.2. The minimum absolute atomic E-state index is 0.0130. The molecule has 2 saturated carbocycles. The van der Waals surface area contributed by atoms with Gasteiger partial charge in [0.15, 0.2) is 0 Å². The van der Waals surface area contributed by atoms with E-state index < -0.39 is 0 Å². The molecular formula is C22H26N2O2. The molecule has 2 aliphatic carbocycles. The fourth-order valence-corrected chi connectivity index (χ4v) is 4.66. The van der Waals surface area contributed by atoms with Crippen molar-refractivity contribution < 1.29 is 9.53 Å². The molecule has 0 saturated heterocycles. The first-order valence-corrected chi connectivity index (χ1v) is 9.61. The molecule has 1 N–H and O–H groups in total. The van der Waals surface area contributed by atoms with E-state index in [0.29, 0.717) is 18.1 Å². The number of aromatic nitrogens is 1. The van der Waals surface area contributed by atoms with Crippen LogP contribution in [0.5, 0.6) is 5.75 Å². The lowest BCUT2D eigenvalue weighted by atomic mass is 9.84. The van der Waals surface area contributed by atoms with E-state index in [2.05, 4.69) is 17.2 Å². The Kier molecular flexibility index (Phi) is 4.91. The van der Waals surface area contributed by atoms with Gasteiger partial charge in [0, 0.05) is 29.6 Å². The fourth-order valence-electron chi connectivity index (χ4n) is 4.66. The second-order valence-corrected chi connectivity index (χ2v) is 7.78. The number of benzene rings is 1. The maximum Gasteiger partial charge on any atom is 0.251 e. The van der Waals surface area contributed by atoms with Gasteiger partial charge >= 0.3 is 0 Å². The van der Waals surface area contributed by atoms with Gasteiger partial charge in [-0.25, -0.2) is 0 Å². The summed E-state index contributed by atoms with van der Waals surface area (Å²) in [5.41, 5.74) is 1.71. The Bertz CT molecular complexity index is 744. The Morgan fingerprint density at radius 3 is 2.73 bits per heavy atom. The van der Waals surface area contributed by atoms with E-state index in [0.717, 1.165) is 23.1 Å². The van der Waals surface area contributed by atoms with E-state index in [1.165, 1.54) is 25.7 Å². The third kappa shape index (κ3) is 3.74. The van der Waals surface area contributed by atoms with Crippen LogP contribution in [0.2, 0.25) is 0 Å². The van der Waals surface area contributed by atoms with E-state index in [9.17, 15) is 4.79 Å². The predicted octanol–water partition coefficient (Wildman–Crippen LogP) is 4.22. The number of amides is 1. The molecular weight excluding hydrogens is 324 g/mol. The number of fused-ring (bicyclic) bond motifs is 2. The van der Waals surface area contributed by atoms with E-state index in [1.807, 2.05) is 36.4 Å². The predicted molar refractivity (Wildman–Crippen MR) is 101 cm³/mol. The lowest BCUT2D eigenvalue weighted by Gasteiger charge is -2.28. The summed E-state index contributed by atoms with van der Waals surface area (Å²) in [5.74, 6) is 3.14. The van der Waals surface area contributed by atoms with Gasteiger partial charge in [-0.3, -0.25) is 9.78 Å². The van der Waals surface area contributed by atoms with Gasteiger partial charge in [0.25, 0.3) is 5.91 Å². The Labute approximate surface area is 155 Å². The van der Waals surface area contributed by atoms with E-state index in [-0.39, 0.29) is 11.9 Å². The maximum absolute atomic E-state index is 12.5. The first-order valence-electron chi connectivity index (χ1n) is 9.61. The van der Waals surface area contributed by atoms with Crippen molar-refractivity contribution in [1.29, 1.82) is 0 Å². The molecule has 2 aromatic rings. The summed E-state index contributed by atoms with van der Waals surface area (Å²) < 4.78 is 5.75. The molecule has 2 bridgehead atoms. The van der Waals surface area contributed by atoms with Gasteiger partial charge in [-0.15, -0.1) is 0 Å². The molecule has 0 radical (unpaired) electrons. The van der Waals surface area contributed by atoms with Crippen molar-refractivity contribution in [2.75, 3.05) is 0 Å². The van der Waals surface area contributed by atoms with Crippen LogP contribution in [0.15, 0.2) is 48.8 Å². The SMILES string of the molecule is CC(NC(=O)c1ccc(OCc2cccnc2)cc1)C1CC2CCC1C2. The fraction of sp³-hybridized carbons (Fsp3) is 0.455. The normalized spacial score (nSPS) is 25.0. The van der Waals surface area contributed by atoms with Crippen molar-refractivity contribution in [1.82, 2.24) is 10.3 Å². The quantitative estimate of drug-likeness (QED) is 0.849. The highest BCUT2D eigenvalue weighted by molar-refractivity contribution is 5.94. The number of ether oxygens (including phenoxy) is 1. The summed E-state index contributed by atoms with van der Waals surface area (Å²) in [4.78, 5) is 16.6. The summed E-state index contributed by atoms with van der Waals surface area (Å²) in [6.07, 6.45) is 8.93. The van der Waals surface area contributed by atoms with Gasteiger partial charge < -0.3 is 10.1 Å². The molecule has 1 heterocycles. The monoisotopic (exact) mass is 350 g/mol. The van der Waals surface area contributed by atoms with Gasteiger partial charge in [0.1, 0.15) is 12.4 Å². The van der Waals surface area contributed by atoms with E-state index in [1.54, 1.807) is 12.4 Å². The van der Waals surface area contributed by atoms with Crippen molar-refractivity contribution in [3.05, 3.63) is 59.9 Å². The summed E-state index contributed by atoms with van der Waals surface area (Å²) in [7, 11) is 0. The zero-order chi connectivity index (χ0) is 17.9. The molecule has 2 fully saturated rings. The standard InChI is InChI=1S/C22H26N2O2/c1-15(21-12-16-4-5-19(21)11-16)24-22(25)18-6-8-20(9-7-18)26-14-17-3-2-10-23-13-17/h2-3,6-10,13,15-16,19,21H,4-5,11-12,14H2,1H3,(H,24,25). The molecule has 4 atom stereocenters. The average Bonchev–Trinajstić information content (AvgIpc) is 3.31. The summed E-state index contributed by atoms with van der Waals surface area (Å²) in [5, 5.41) is 3.21. The second kappa shape index (κ2) is 7.48. The molecule has 0 spiro atoms. The van der Waals surface area contributed by atoms with Crippen LogP contribution in [0, 0.1) is 17.8 Å². The van der Waals surface area contributed by atoms with Crippen LogP contribution in [0.1, 0.15) is 48.5 Å². The number of carbonyl (C=O) groups excluding carboxylic acids is 1. The third-order valence-electron chi connectivity index (χ3n) is 6.04. The number of pyridine rings is 1. The molecule has 1 aromatic carbocycles. The van der Waals surface area contributed by atoms with Crippen molar-refractivity contribution in [2.45, 2.75) is 45.3 Å². The first kappa shape index (κ1) is 17.1. The largest absolute Gasteiger partial charge is 0.489 e. The van der Waals surface area contributed by atoms with Crippen LogP contribution >= 0.6 is 0 Å². The minimum atomic E-state index is 0.0130. The number of hydrogen-bond acceptors (Lipinski definition) is 3. The zero-order valence-electron chi connectivity index (χ0n) is 15.2. The Morgan fingerprint density at radius 1 is 1.23 bits per heavy atom. The molecule has 2 aliphatic rings. The average molecular weight is 350 g/mol. The maximum atomic E-state index is 12.5. The number of hydrogen-bond donors (Lipinski definition) is 1. The van der Waals surface area contributed by atoms with Crippen molar-refractivity contribution in [2.24, 2.45) is 17.8 Å². The van der Waals surface area contributed by atoms with Crippen LogP contribution < -0.4 is 10.1 Å². The molecule has 4 unspecified atom stereocenters. The molecule has 0 aliphatic heterocycles. The van der Waals surface area contributed by atoms with Crippen LogP contribution in [0.3, 0.4) is 0 Å². The van der Waals surface area contributed by atoms with Crippen molar-refractivity contribution in [3.63, 3.8) is 0 Å². The van der Waals surface area contributed by atoms with Gasteiger partial charge in [0.2, 0.25) is 0 Å². The highest BCUT2D eigenvalue weighted by Gasteiger charge is 2.42. The Balaban J connectivity index is 1.30. The van der Waals surface area contributed by atoms with E-state index in [4.69, 9.17) is 4.74 Å². The highest BCUT2D eigenvalue weighted by Crippen LogP contribution is 2.49. The van der Waals surface area contributed by atoms with Crippen molar-refractivity contribution in [3.8, 4) is 5.75 Å². The number of carbonyl (C=O) groups is 1. The van der Waals surface area contributed by atoms with Gasteiger partial charge in [0.05, 0.1) is 0 Å². The number of rotatable bonds is 6. The molecule has 4 rings (SSSR count). The van der Waals surface area contributed by atoms with Crippen LogP contribution in [0.4, 0.5) is 0 Å². The third-order valence-corrected chi connectivity index (χ3v) is 6.04. The lowest BCUT2D eigenvalue weighted by Crippen LogP contribution is -2.40. The molecule has 136 valence electrons. The van der Waals surface area contributed by atoms with Gasteiger partial charge in [-0.2, -0.15) is 0 Å². The first-order chi connectivity index (χ1) is 12.7. The molecule has 4 nitrogen and oxygen atoms in total. The minimum Gasteiger partial charge on any atom is -0.489 e. The van der Waals surface area contributed by atoms with Crippen LogP contribution in [-0.4, -0.2) is 16.9 Å². The molecule has 1 amide bonds.